The molecule has 0 saturated heterocycles. The fourth-order valence-corrected chi connectivity index (χ4v) is 3.32. The minimum Gasteiger partial charge on any atom is -0.370 e. The Balaban J connectivity index is 1.59. The lowest BCUT2D eigenvalue weighted by molar-refractivity contribution is -0.137. The van der Waals surface area contributed by atoms with Crippen molar-refractivity contribution < 1.29 is 22.8 Å². The van der Waals surface area contributed by atoms with E-state index in [-0.39, 0.29) is 23.8 Å². The number of hydrogen-bond donors (Lipinski definition) is 2. The van der Waals surface area contributed by atoms with Gasteiger partial charge in [0, 0.05) is 24.6 Å². The number of aromatic nitrogens is 3. The molecule has 3 N–H and O–H groups in total. The third kappa shape index (κ3) is 5.24. The van der Waals surface area contributed by atoms with E-state index < -0.39 is 17.6 Å². The van der Waals surface area contributed by atoms with Gasteiger partial charge in [0.05, 0.1) is 11.3 Å². The molecule has 0 aliphatic heterocycles. The van der Waals surface area contributed by atoms with Crippen LogP contribution < -0.4 is 11.1 Å². The average molecular weight is 413 g/mol. The molecule has 2 aromatic rings. The first-order chi connectivity index (χ1) is 13.2. The van der Waals surface area contributed by atoms with Crippen LogP contribution in [0, 0.1) is 0 Å². The molecule has 11 heteroatoms. The van der Waals surface area contributed by atoms with E-state index in [9.17, 15) is 22.8 Å². The van der Waals surface area contributed by atoms with E-state index in [0.29, 0.717) is 17.6 Å². The van der Waals surface area contributed by atoms with Gasteiger partial charge in [0.25, 0.3) is 0 Å². The molecule has 1 aliphatic rings. The van der Waals surface area contributed by atoms with Crippen molar-refractivity contribution in [2.45, 2.75) is 43.1 Å². The van der Waals surface area contributed by atoms with Crippen LogP contribution in [0.1, 0.15) is 36.6 Å². The molecular formula is C17H18F3N5O2S. The summed E-state index contributed by atoms with van der Waals surface area (Å²) in [5.41, 5.74) is 4.70. The van der Waals surface area contributed by atoms with Crippen LogP contribution in [0.25, 0.3) is 0 Å². The Morgan fingerprint density at radius 3 is 2.46 bits per heavy atom. The summed E-state index contributed by atoms with van der Waals surface area (Å²) in [6.07, 6.45) is -2.27. The van der Waals surface area contributed by atoms with E-state index in [1.807, 2.05) is 0 Å². The molecule has 1 saturated carbocycles. The average Bonchev–Trinajstić information content (AvgIpc) is 3.38. The first kappa shape index (κ1) is 20.2. The third-order valence-electron chi connectivity index (χ3n) is 4.10. The lowest BCUT2D eigenvalue weighted by Gasteiger charge is -2.10. The predicted octanol–water partition coefficient (Wildman–Crippen LogP) is 2.78. The van der Waals surface area contributed by atoms with Crippen LogP contribution in [0.3, 0.4) is 0 Å². The number of anilines is 1. The van der Waals surface area contributed by atoms with Gasteiger partial charge >= 0.3 is 6.18 Å². The Labute approximate surface area is 162 Å². The Hall–Kier alpha value is -2.56. The largest absolute Gasteiger partial charge is 0.416 e. The van der Waals surface area contributed by atoms with Gasteiger partial charge in [0.2, 0.25) is 11.8 Å². The van der Waals surface area contributed by atoms with E-state index >= 15 is 0 Å². The molecule has 1 heterocycles. The molecule has 0 atom stereocenters. The molecule has 7 nitrogen and oxygen atoms in total. The van der Waals surface area contributed by atoms with Crippen molar-refractivity contribution in [1.82, 2.24) is 14.8 Å². The van der Waals surface area contributed by atoms with Crippen molar-refractivity contribution in [3.05, 3.63) is 35.7 Å². The number of hydrogen-bond acceptors (Lipinski definition) is 5. The minimum absolute atomic E-state index is 0.000391. The van der Waals surface area contributed by atoms with Gasteiger partial charge in [0.15, 0.2) is 5.16 Å². The maximum absolute atomic E-state index is 12.6. The number of nitrogens with one attached hydrogen (secondary N) is 1. The zero-order valence-electron chi connectivity index (χ0n) is 14.7. The molecule has 1 aliphatic carbocycles. The van der Waals surface area contributed by atoms with Crippen LogP contribution in [0.15, 0.2) is 29.4 Å². The number of halogens is 3. The van der Waals surface area contributed by atoms with E-state index in [1.165, 1.54) is 12.1 Å². The number of carbonyl (C=O) groups excluding carboxylic acids is 2. The van der Waals surface area contributed by atoms with Crippen molar-refractivity contribution in [2.24, 2.45) is 5.73 Å². The van der Waals surface area contributed by atoms with Gasteiger partial charge in [-0.2, -0.15) is 13.2 Å². The second kappa shape index (κ2) is 8.21. The zero-order valence-corrected chi connectivity index (χ0v) is 15.5. The summed E-state index contributed by atoms with van der Waals surface area (Å²) in [4.78, 5) is 23.2. The smallest absolute Gasteiger partial charge is 0.370 e. The van der Waals surface area contributed by atoms with E-state index in [1.54, 1.807) is 4.57 Å². The standard InChI is InChI=1S/C17H18F3N5O2S/c18-17(19,20)11-3-5-12(6-4-11)22-14(27)9-28-16-24-23-15(10-1-2-10)25(16)8-7-13(21)26/h3-6,10H,1-2,7-9H2,(H2,21,26)(H,22,27). The van der Waals surface area contributed by atoms with Crippen LogP contribution in [-0.2, 0) is 22.3 Å². The lowest BCUT2D eigenvalue weighted by Crippen LogP contribution is -2.17. The van der Waals surface area contributed by atoms with Gasteiger partial charge in [-0.3, -0.25) is 9.59 Å². The van der Waals surface area contributed by atoms with Crippen LogP contribution in [-0.4, -0.2) is 32.3 Å². The quantitative estimate of drug-likeness (QED) is 0.648. The molecule has 150 valence electrons. The topological polar surface area (TPSA) is 103 Å². The molecule has 3 rings (SSSR count). The Morgan fingerprint density at radius 2 is 1.89 bits per heavy atom. The molecule has 1 fully saturated rings. The van der Waals surface area contributed by atoms with E-state index in [0.717, 1.165) is 42.6 Å². The van der Waals surface area contributed by atoms with Gasteiger partial charge < -0.3 is 15.6 Å². The zero-order chi connectivity index (χ0) is 20.3. The van der Waals surface area contributed by atoms with Gasteiger partial charge in [-0.25, -0.2) is 0 Å². The fraction of sp³-hybridized carbons (Fsp3) is 0.412. The van der Waals surface area contributed by atoms with E-state index in [4.69, 9.17) is 5.73 Å². The maximum atomic E-state index is 12.6. The Kier molecular flexibility index (Phi) is 5.92. The summed E-state index contributed by atoms with van der Waals surface area (Å²) in [5.74, 6) is 0.275. The number of carbonyl (C=O) groups is 2. The third-order valence-corrected chi connectivity index (χ3v) is 5.06. The normalized spacial score (nSPS) is 14.1. The van der Waals surface area contributed by atoms with Crippen molar-refractivity contribution in [1.29, 1.82) is 0 Å². The SMILES string of the molecule is NC(=O)CCn1c(SCC(=O)Nc2ccc(C(F)(F)F)cc2)nnc1C1CC1. The number of rotatable bonds is 8. The number of nitrogens with zero attached hydrogens (tertiary/aromatic N) is 3. The summed E-state index contributed by atoms with van der Waals surface area (Å²) in [6.45, 7) is 0.344. The number of nitrogens with two attached hydrogens (primary N) is 1. The van der Waals surface area contributed by atoms with Crippen LogP contribution >= 0.6 is 11.8 Å². The first-order valence-electron chi connectivity index (χ1n) is 8.55. The Bertz CT molecular complexity index is 863. The highest BCUT2D eigenvalue weighted by atomic mass is 32.2. The highest BCUT2D eigenvalue weighted by Crippen LogP contribution is 2.40. The molecule has 2 amide bonds. The van der Waals surface area contributed by atoms with Crippen molar-refractivity contribution >= 4 is 29.3 Å². The molecule has 0 bridgehead atoms. The monoisotopic (exact) mass is 413 g/mol. The Morgan fingerprint density at radius 1 is 1.21 bits per heavy atom. The fourth-order valence-electron chi connectivity index (χ4n) is 2.55. The summed E-state index contributed by atoms with van der Waals surface area (Å²) >= 11 is 1.14. The number of benzene rings is 1. The van der Waals surface area contributed by atoms with Crippen LogP contribution in [0.2, 0.25) is 0 Å². The maximum Gasteiger partial charge on any atom is 0.416 e. The number of thioether (sulfide) groups is 1. The van der Waals surface area contributed by atoms with E-state index in [2.05, 4.69) is 15.5 Å². The van der Waals surface area contributed by atoms with Gasteiger partial charge in [-0.15, -0.1) is 10.2 Å². The second-order valence-corrected chi connectivity index (χ2v) is 7.34. The molecule has 1 aromatic carbocycles. The van der Waals surface area contributed by atoms with Crippen molar-refractivity contribution in [3.8, 4) is 0 Å². The predicted molar refractivity (Wildman–Crippen MR) is 96.6 cm³/mol. The molecular weight excluding hydrogens is 395 g/mol. The van der Waals surface area contributed by atoms with Crippen LogP contribution in [0.4, 0.5) is 18.9 Å². The van der Waals surface area contributed by atoms with Crippen molar-refractivity contribution in [3.63, 3.8) is 0 Å². The summed E-state index contributed by atoms with van der Waals surface area (Å²) < 4.78 is 39.5. The highest BCUT2D eigenvalue weighted by Gasteiger charge is 2.31. The number of alkyl halides is 3. The molecule has 0 unspecified atom stereocenters. The van der Waals surface area contributed by atoms with Gasteiger partial charge in [-0.1, -0.05) is 11.8 Å². The van der Waals surface area contributed by atoms with Gasteiger partial charge in [0.1, 0.15) is 5.82 Å². The highest BCUT2D eigenvalue weighted by molar-refractivity contribution is 7.99. The molecule has 0 spiro atoms. The minimum atomic E-state index is -4.42. The summed E-state index contributed by atoms with van der Waals surface area (Å²) in [5, 5.41) is 11.3. The lowest BCUT2D eigenvalue weighted by atomic mass is 10.2. The van der Waals surface area contributed by atoms with Crippen molar-refractivity contribution in [2.75, 3.05) is 11.1 Å². The summed E-state index contributed by atoms with van der Waals surface area (Å²) in [6, 6.07) is 4.22. The molecule has 28 heavy (non-hydrogen) atoms. The van der Waals surface area contributed by atoms with Gasteiger partial charge in [-0.05, 0) is 37.1 Å². The van der Waals surface area contributed by atoms with Crippen LogP contribution in [0.5, 0.6) is 0 Å². The first-order valence-corrected chi connectivity index (χ1v) is 9.54. The summed E-state index contributed by atoms with van der Waals surface area (Å²) in [7, 11) is 0. The molecule has 0 radical (unpaired) electrons. The molecule has 1 aromatic heterocycles. The second-order valence-electron chi connectivity index (χ2n) is 6.39. The number of primary amides is 1. The number of amides is 2.